The van der Waals surface area contributed by atoms with Crippen molar-refractivity contribution >= 4 is 0 Å². The fourth-order valence-corrected chi connectivity index (χ4v) is 2.87. The van der Waals surface area contributed by atoms with Crippen molar-refractivity contribution in [1.82, 2.24) is 9.78 Å². The Morgan fingerprint density at radius 3 is 2.58 bits per heavy atom. The number of aliphatic hydroxyl groups excluding tert-OH is 1. The van der Waals surface area contributed by atoms with Gasteiger partial charge in [0.25, 0.3) is 0 Å². The van der Waals surface area contributed by atoms with Crippen LogP contribution in [0, 0.1) is 6.92 Å². The van der Waals surface area contributed by atoms with Gasteiger partial charge in [-0.2, -0.15) is 5.10 Å². The van der Waals surface area contributed by atoms with Gasteiger partial charge in [-0.05, 0) is 32.9 Å². The summed E-state index contributed by atoms with van der Waals surface area (Å²) in [5, 5.41) is 13.7. The highest BCUT2D eigenvalue weighted by Crippen LogP contribution is 2.34. The monoisotopic (exact) mass is 333 g/mol. The predicted octanol–water partition coefficient (Wildman–Crippen LogP) is 2.07. The SMILES string of the molecule is CCOc1ccc(C(CN)c2cc(C)nn2CCO)c(OCC)c1. The highest BCUT2D eigenvalue weighted by molar-refractivity contribution is 5.46. The maximum absolute atomic E-state index is 9.28. The van der Waals surface area contributed by atoms with E-state index >= 15 is 0 Å². The standard InChI is InChI=1S/C18H27N3O3/c1-4-23-14-6-7-15(18(11-14)24-5-2)16(12-19)17-10-13(3)20-21(17)8-9-22/h6-7,10-11,16,22H,4-5,8-9,12,19H2,1-3H3. The van der Waals surface area contributed by atoms with E-state index in [-0.39, 0.29) is 12.5 Å². The number of nitrogens with two attached hydrogens (primary N) is 1. The molecule has 0 aliphatic heterocycles. The summed E-state index contributed by atoms with van der Waals surface area (Å²) in [7, 11) is 0. The van der Waals surface area contributed by atoms with Crippen LogP contribution >= 0.6 is 0 Å². The lowest BCUT2D eigenvalue weighted by molar-refractivity contribution is 0.266. The van der Waals surface area contributed by atoms with Gasteiger partial charge in [-0.1, -0.05) is 6.07 Å². The average molecular weight is 333 g/mol. The number of nitrogens with zero attached hydrogens (tertiary/aromatic N) is 2. The highest BCUT2D eigenvalue weighted by atomic mass is 16.5. The van der Waals surface area contributed by atoms with E-state index in [1.165, 1.54) is 0 Å². The van der Waals surface area contributed by atoms with Crippen LogP contribution in [0.2, 0.25) is 0 Å². The summed E-state index contributed by atoms with van der Waals surface area (Å²) in [6, 6.07) is 7.85. The van der Waals surface area contributed by atoms with Gasteiger partial charge >= 0.3 is 0 Å². The van der Waals surface area contributed by atoms with E-state index in [1.54, 1.807) is 0 Å². The molecule has 1 aromatic carbocycles. The summed E-state index contributed by atoms with van der Waals surface area (Å²) in [5.74, 6) is 1.49. The zero-order valence-corrected chi connectivity index (χ0v) is 14.7. The molecule has 1 aromatic heterocycles. The molecular weight excluding hydrogens is 306 g/mol. The molecule has 24 heavy (non-hydrogen) atoms. The van der Waals surface area contributed by atoms with E-state index in [0.717, 1.165) is 28.5 Å². The first-order valence-corrected chi connectivity index (χ1v) is 8.39. The van der Waals surface area contributed by atoms with Crippen LogP contribution in [0.5, 0.6) is 11.5 Å². The highest BCUT2D eigenvalue weighted by Gasteiger charge is 2.22. The molecule has 2 aromatic rings. The predicted molar refractivity (Wildman–Crippen MR) is 93.7 cm³/mol. The topological polar surface area (TPSA) is 82.5 Å². The maximum atomic E-state index is 9.28. The summed E-state index contributed by atoms with van der Waals surface area (Å²) >= 11 is 0. The first kappa shape index (κ1) is 18.3. The van der Waals surface area contributed by atoms with Gasteiger partial charge < -0.3 is 20.3 Å². The van der Waals surface area contributed by atoms with Crippen molar-refractivity contribution in [3.05, 3.63) is 41.2 Å². The number of ether oxygens (including phenoxy) is 2. The van der Waals surface area contributed by atoms with Crippen LogP contribution in [-0.4, -0.2) is 41.3 Å². The second-order valence-electron chi connectivity index (χ2n) is 5.51. The largest absolute Gasteiger partial charge is 0.494 e. The molecule has 132 valence electrons. The molecule has 0 saturated carbocycles. The van der Waals surface area contributed by atoms with Gasteiger partial charge in [-0.25, -0.2) is 0 Å². The molecule has 1 heterocycles. The van der Waals surface area contributed by atoms with Gasteiger partial charge in [0.1, 0.15) is 11.5 Å². The van der Waals surface area contributed by atoms with Crippen molar-refractivity contribution < 1.29 is 14.6 Å². The number of hydrogen-bond acceptors (Lipinski definition) is 5. The molecule has 0 amide bonds. The maximum Gasteiger partial charge on any atom is 0.126 e. The molecule has 0 bridgehead atoms. The van der Waals surface area contributed by atoms with Gasteiger partial charge in [-0.15, -0.1) is 0 Å². The number of aromatic nitrogens is 2. The van der Waals surface area contributed by atoms with E-state index in [4.69, 9.17) is 15.2 Å². The minimum Gasteiger partial charge on any atom is -0.494 e. The van der Waals surface area contributed by atoms with Crippen molar-refractivity contribution in [2.24, 2.45) is 5.73 Å². The zero-order valence-electron chi connectivity index (χ0n) is 14.7. The van der Waals surface area contributed by atoms with E-state index in [2.05, 4.69) is 5.10 Å². The summed E-state index contributed by atoms with van der Waals surface area (Å²) in [6.45, 7) is 7.91. The minimum atomic E-state index is -0.0602. The fourth-order valence-electron chi connectivity index (χ4n) is 2.87. The molecule has 2 rings (SSSR count). The van der Waals surface area contributed by atoms with E-state index < -0.39 is 0 Å². The van der Waals surface area contributed by atoms with E-state index in [9.17, 15) is 5.11 Å². The molecule has 6 nitrogen and oxygen atoms in total. The number of benzene rings is 1. The van der Waals surface area contributed by atoms with Gasteiger partial charge in [-0.3, -0.25) is 4.68 Å². The van der Waals surface area contributed by atoms with Crippen LogP contribution in [0.25, 0.3) is 0 Å². The normalized spacial score (nSPS) is 12.2. The molecule has 0 fully saturated rings. The van der Waals surface area contributed by atoms with Gasteiger partial charge in [0.2, 0.25) is 0 Å². The second kappa shape index (κ2) is 8.70. The van der Waals surface area contributed by atoms with Crippen LogP contribution in [0.15, 0.2) is 24.3 Å². The van der Waals surface area contributed by atoms with Crippen molar-refractivity contribution in [1.29, 1.82) is 0 Å². The minimum absolute atomic E-state index is 0.0347. The number of aliphatic hydroxyl groups is 1. The van der Waals surface area contributed by atoms with Crippen molar-refractivity contribution in [2.45, 2.75) is 33.2 Å². The van der Waals surface area contributed by atoms with E-state index in [1.807, 2.05) is 49.7 Å². The Morgan fingerprint density at radius 2 is 1.96 bits per heavy atom. The Morgan fingerprint density at radius 1 is 1.21 bits per heavy atom. The Bertz CT molecular complexity index is 655. The summed E-state index contributed by atoms with van der Waals surface area (Å²) in [5.41, 5.74) is 8.97. The molecule has 0 saturated heterocycles. The molecule has 0 radical (unpaired) electrons. The lowest BCUT2D eigenvalue weighted by Gasteiger charge is -2.21. The Labute approximate surface area is 143 Å². The summed E-state index contributed by atoms with van der Waals surface area (Å²) < 4.78 is 13.2. The molecule has 0 spiro atoms. The first-order chi connectivity index (χ1) is 11.6. The number of aryl methyl sites for hydroxylation is 1. The van der Waals surface area contributed by atoms with Gasteiger partial charge in [0, 0.05) is 29.8 Å². The van der Waals surface area contributed by atoms with Gasteiger partial charge in [0.05, 0.1) is 32.1 Å². The lowest BCUT2D eigenvalue weighted by atomic mass is 9.94. The number of rotatable bonds is 9. The second-order valence-corrected chi connectivity index (χ2v) is 5.51. The average Bonchev–Trinajstić information content (AvgIpc) is 2.91. The third-order valence-electron chi connectivity index (χ3n) is 3.81. The molecule has 0 aliphatic carbocycles. The fraction of sp³-hybridized carbons (Fsp3) is 0.500. The molecule has 6 heteroatoms. The Balaban J connectivity index is 2.46. The molecule has 1 unspecified atom stereocenters. The summed E-state index contributed by atoms with van der Waals surface area (Å²) in [6.07, 6.45) is 0. The third-order valence-corrected chi connectivity index (χ3v) is 3.81. The molecule has 3 N–H and O–H groups in total. The lowest BCUT2D eigenvalue weighted by Crippen LogP contribution is -2.20. The van der Waals surface area contributed by atoms with Crippen LogP contribution in [0.1, 0.15) is 36.7 Å². The quantitative estimate of drug-likeness (QED) is 0.734. The van der Waals surface area contributed by atoms with Crippen LogP contribution < -0.4 is 15.2 Å². The third kappa shape index (κ3) is 4.07. The van der Waals surface area contributed by atoms with E-state index in [0.29, 0.717) is 26.3 Å². The molecular formula is C18H27N3O3. The Hall–Kier alpha value is -2.05. The first-order valence-electron chi connectivity index (χ1n) is 8.39. The van der Waals surface area contributed by atoms with Crippen molar-refractivity contribution in [3.63, 3.8) is 0 Å². The zero-order chi connectivity index (χ0) is 17.5. The van der Waals surface area contributed by atoms with Crippen molar-refractivity contribution in [2.75, 3.05) is 26.4 Å². The summed E-state index contributed by atoms with van der Waals surface area (Å²) in [4.78, 5) is 0. The Kier molecular flexibility index (Phi) is 6.63. The van der Waals surface area contributed by atoms with Crippen molar-refractivity contribution in [3.8, 4) is 11.5 Å². The molecule has 1 atom stereocenters. The molecule has 0 aliphatic rings. The van der Waals surface area contributed by atoms with Crippen LogP contribution in [0.3, 0.4) is 0 Å². The van der Waals surface area contributed by atoms with Crippen LogP contribution in [-0.2, 0) is 6.54 Å². The smallest absolute Gasteiger partial charge is 0.126 e. The van der Waals surface area contributed by atoms with Gasteiger partial charge in [0.15, 0.2) is 0 Å². The number of hydrogen-bond donors (Lipinski definition) is 2. The van der Waals surface area contributed by atoms with Crippen LogP contribution in [0.4, 0.5) is 0 Å².